The molecule has 2 N–H and O–H groups in total. The van der Waals surface area contributed by atoms with Gasteiger partial charge in [0.2, 0.25) is 10.0 Å². The maximum atomic E-state index is 13.0. The predicted molar refractivity (Wildman–Crippen MR) is 86.9 cm³/mol. The number of nitrogens with two attached hydrogens (primary N) is 1. The maximum absolute atomic E-state index is 13.0. The second-order valence-electron chi connectivity index (χ2n) is 5.79. The van der Waals surface area contributed by atoms with Crippen molar-refractivity contribution < 1.29 is 12.8 Å². The summed E-state index contributed by atoms with van der Waals surface area (Å²) in [6.45, 7) is 1.20. The summed E-state index contributed by atoms with van der Waals surface area (Å²) in [7, 11) is -3.63. The minimum atomic E-state index is -3.63. The fourth-order valence-corrected chi connectivity index (χ4v) is 4.62. The van der Waals surface area contributed by atoms with Crippen LogP contribution in [0.25, 0.3) is 0 Å². The largest absolute Gasteiger partial charge is 0.330 e. The molecule has 2 atom stereocenters. The molecular weight excluding hydrogens is 315 g/mol. The highest BCUT2D eigenvalue weighted by Gasteiger charge is 2.39. The van der Waals surface area contributed by atoms with E-state index in [-0.39, 0.29) is 16.7 Å². The van der Waals surface area contributed by atoms with Gasteiger partial charge in [-0.05, 0) is 42.3 Å². The highest BCUT2D eigenvalue weighted by molar-refractivity contribution is 7.89. The Kier molecular flexibility index (Phi) is 4.48. The highest BCUT2D eigenvalue weighted by atomic mass is 32.2. The first kappa shape index (κ1) is 16.1. The number of hydrogen-bond acceptors (Lipinski definition) is 3. The van der Waals surface area contributed by atoms with Gasteiger partial charge in [-0.1, -0.05) is 30.3 Å². The lowest BCUT2D eigenvalue weighted by Crippen LogP contribution is -2.30. The number of sulfonamides is 1. The molecule has 122 valence electrons. The van der Waals surface area contributed by atoms with Crippen LogP contribution < -0.4 is 5.73 Å². The molecule has 2 aromatic rings. The van der Waals surface area contributed by atoms with Crippen LogP contribution >= 0.6 is 0 Å². The summed E-state index contributed by atoms with van der Waals surface area (Å²) in [5, 5.41) is 0. The molecule has 0 spiro atoms. The van der Waals surface area contributed by atoms with Crippen LogP contribution in [0.3, 0.4) is 0 Å². The van der Waals surface area contributed by atoms with Crippen molar-refractivity contribution in [1.82, 2.24) is 4.31 Å². The lowest BCUT2D eigenvalue weighted by Gasteiger charge is -2.17. The van der Waals surface area contributed by atoms with E-state index in [2.05, 4.69) is 0 Å². The van der Waals surface area contributed by atoms with Crippen molar-refractivity contribution in [2.24, 2.45) is 11.7 Å². The van der Waals surface area contributed by atoms with E-state index < -0.39 is 15.8 Å². The minimum absolute atomic E-state index is 0.0765. The molecular formula is C17H19FN2O2S. The van der Waals surface area contributed by atoms with Gasteiger partial charge in [-0.2, -0.15) is 4.31 Å². The number of nitrogens with zero attached hydrogens (tertiary/aromatic N) is 1. The number of benzene rings is 2. The summed E-state index contributed by atoms with van der Waals surface area (Å²) in [5.74, 6) is -0.295. The molecule has 1 aliphatic heterocycles. The molecule has 1 fully saturated rings. The number of halogens is 1. The van der Waals surface area contributed by atoms with Gasteiger partial charge in [0, 0.05) is 19.0 Å². The first-order valence-electron chi connectivity index (χ1n) is 7.53. The molecule has 1 aliphatic rings. The van der Waals surface area contributed by atoms with Crippen LogP contribution in [-0.2, 0) is 10.0 Å². The van der Waals surface area contributed by atoms with E-state index in [4.69, 9.17) is 5.73 Å². The van der Waals surface area contributed by atoms with Crippen molar-refractivity contribution in [3.8, 4) is 0 Å². The van der Waals surface area contributed by atoms with Crippen LogP contribution in [0.4, 0.5) is 4.39 Å². The van der Waals surface area contributed by atoms with E-state index in [0.29, 0.717) is 19.6 Å². The molecule has 0 unspecified atom stereocenters. The zero-order chi connectivity index (χ0) is 16.4. The van der Waals surface area contributed by atoms with E-state index in [1.54, 1.807) is 0 Å². The molecule has 0 aromatic heterocycles. The standard InChI is InChI=1S/C17H19FN2O2S/c18-15-6-8-16(9-7-15)23(21,22)20-11-14(10-19)17(12-20)13-4-2-1-3-5-13/h1-9,14,17H,10-12,19H2/t14-,17+/m1/s1. The quantitative estimate of drug-likeness (QED) is 0.932. The topological polar surface area (TPSA) is 63.4 Å². The maximum Gasteiger partial charge on any atom is 0.243 e. The Balaban J connectivity index is 1.88. The molecule has 6 heteroatoms. The fourth-order valence-electron chi connectivity index (χ4n) is 3.10. The van der Waals surface area contributed by atoms with E-state index >= 15 is 0 Å². The van der Waals surface area contributed by atoms with Gasteiger partial charge in [-0.3, -0.25) is 0 Å². The van der Waals surface area contributed by atoms with Crippen molar-refractivity contribution in [2.45, 2.75) is 10.8 Å². The van der Waals surface area contributed by atoms with Crippen molar-refractivity contribution in [3.05, 3.63) is 66.0 Å². The summed E-state index contributed by atoms with van der Waals surface area (Å²) < 4.78 is 40.0. The first-order valence-corrected chi connectivity index (χ1v) is 8.97. The zero-order valence-corrected chi connectivity index (χ0v) is 13.4. The summed E-state index contributed by atoms with van der Waals surface area (Å²) in [4.78, 5) is 0.114. The molecule has 0 bridgehead atoms. The molecule has 3 rings (SSSR count). The van der Waals surface area contributed by atoms with Crippen LogP contribution in [0, 0.1) is 11.7 Å². The summed E-state index contributed by atoms with van der Waals surface area (Å²) in [5.41, 5.74) is 6.95. The van der Waals surface area contributed by atoms with Crippen molar-refractivity contribution in [3.63, 3.8) is 0 Å². The van der Waals surface area contributed by atoms with E-state index in [9.17, 15) is 12.8 Å². The SMILES string of the molecule is NC[C@@H]1CN(S(=O)(=O)c2ccc(F)cc2)C[C@H]1c1ccccc1. The van der Waals surface area contributed by atoms with E-state index in [0.717, 1.165) is 17.7 Å². The minimum Gasteiger partial charge on any atom is -0.330 e. The van der Waals surface area contributed by atoms with Crippen LogP contribution in [0.5, 0.6) is 0 Å². The second-order valence-corrected chi connectivity index (χ2v) is 7.73. The Bertz CT molecular complexity index is 763. The van der Waals surface area contributed by atoms with Gasteiger partial charge >= 0.3 is 0 Å². The van der Waals surface area contributed by atoms with Crippen LogP contribution in [0.15, 0.2) is 59.5 Å². The second kappa shape index (κ2) is 6.39. The fraction of sp³-hybridized carbons (Fsp3) is 0.294. The van der Waals surface area contributed by atoms with Crippen LogP contribution in [-0.4, -0.2) is 32.4 Å². The number of rotatable bonds is 4. The zero-order valence-electron chi connectivity index (χ0n) is 12.6. The van der Waals surface area contributed by atoms with E-state index in [1.165, 1.54) is 16.4 Å². The molecule has 0 saturated carbocycles. The van der Waals surface area contributed by atoms with Crippen molar-refractivity contribution >= 4 is 10.0 Å². The van der Waals surface area contributed by atoms with Gasteiger partial charge in [-0.15, -0.1) is 0 Å². The molecule has 23 heavy (non-hydrogen) atoms. The molecule has 0 aliphatic carbocycles. The van der Waals surface area contributed by atoms with Gasteiger partial charge < -0.3 is 5.73 Å². The van der Waals surface area contributed by atoms with Crippen molar-refractivity contribution in [2.75, 3.05) is 19.6 Å². The Morgan fingerprint density at radius 1 is 1.04 bits per heavy atom. The third kappa shape index (κ3) is 3.15. The Morgan fingerprint density at radius 2 is 1.70 bits per heavy atom. The Hall–Kier alpha value is -1.76. The first-order chi connectivity index (χ1) is 11.0. The molecule has 1 heterocycles. The Labute approximate surface area is 135 Å². The lowest BCUT2D eigenvalue weighted by molar-refractivity contribution is 0.459. The van der Waals surface area contributed by atoms with E-state index in [1.807, 2.05) is 30.3 Å². The highest BCUT2D eigenvalue weighted by Crippen LogP contribution is 2.35. The van der Waals surface area contributed by atoms with Crippen molar-refractivity contribution in [1.29, 1.82) is 0 Å². The molecule has 1 saturated heterocycles. The van der Waals surface area contributed by atoms with Gasteiger partial charge in [0.05, 0.1) is 4.90 Å². The number of hydrogen-bond donors (Lipinski definition) is 1. The molecule has 0 amide bonds. The third-order valence-electron chi connectivity index (χ3n) is 4.39. The molecule has 4 nitrogen and oxygen atoms in total. The average Bonchev–Trinajstić information content (AvgIpc) is 3.01. The van der Waals surface area contributed by atoms with Gasteiger partial charge in [0.1, 0.15) is 5.82 Å². The lowest BCUT2D eigenvalue weighted by atomic mass is 9.89. The monoisotopic (exact) mass is 334 g/mol. The normalized spacial score (nSPS) is 22.3. The summed E-state index contributed by atoms with van der Waals surface area (Å²) >= 11 is 0. The molecule has 2 aromatic carbocycles. The van der Waals surface area contributed by atoms with Gasteiger partial charge in [0.25, 0.3) is 0 Å². The summed E-state index contributed by atoms with van der Waals surface area (Å²) in [6.07, 6.45) is 0. The Morgan fingerprint density at radius 3 is 2.30 bits per heavy atom. The van der Waals surface area contributed by atoms with Crippen LogP contribution in [0.1, 0.15) is 11.5 Å². The van der Waals surface area contributed by atoms with Gasteiger partial charge in [0.15, 0.2) is 0 Å². The predicted octanol–water partition coefficient (Wildman–Crippen LogP) is 2.19. The van der Waals surface area contributed by atoms with Crippen LogP contribution in [0.2, 0.25) is 0 Å². The third-order valence-corrected chi connectivity index (χ3v) is 6.24. The summed E-state index contributed by atoms with van der Waals surface area (Å²) in [6, 6.07) is 14.8. The smallest absolute Gasteiger partial charge is 0.243 e. The average molecular weight is 334 g/mol. The molecule has 0 radical (unpaired) electrons. The van der Waals surface area contributed by atoms with Gasteiger partial charge in [-0.25, -0.2) is 12.8 Å².